The molecule has 0 radical (unpaired) electrons. The molecule has 1 atom stereocenters. The molecule has 1 saturated carbocycles. The Bertz CT molecular complexity index is 1960. The maximum atomic E-state index is 17.3. The summed E-state index contributed by atoms with van der Waals surface area (Å²) >= 11 is 0. The number of carbonyl (C=O) groups is 1. The van der Waals surface area contributed by atoms with Gasteiger partial charge in [-0.1, -0.05) is 38.1 Å². The number of nitrogens with zero attached hydrogens (tertiary/aromatic N) is 4. The van der Waals surface area contributed by atoms with Gasteiger partial charge in [-0.15, -0.1) is 0 Å². The van der Waals surface area contributed by atoms with Crippen LogP contribution in [0.3, 0.4) is 0 Å². The molecular weight excluding hydrogens is 694 g/mol. The number of anilines is 1. The minimum Gasteiger partial charge on any atom is -0.478 e. The molecule has 12 heteroatoms. The Morgan fingerprint density at radius 2 is 1.57 bits per heavy atom. The van der Waals surface area contributed by atoms with Crippen LogP contribution in [0.25, 0.3) is 11.1 Å². The van der Waals surface area contributed by atoms with Gasteiger partial charge >= 0.3 is 12.1 Å². The summed E-state index contributed by atoms with van der Waals surface area (Å²) in [5.74, 6) is -3.81. The normalized spacial score (nSPS) is 19.8. The zero-order valence-electron chi connectivity index (χ0n) is 29.7. The summed E-state index contributed by atoms with van der Waals surface area (Å²) in [6.45, 7) is 5.40. The summed E-state index contributed by atoms with van der Waals surface area (Å²) in [6.07, 6.45) is 0.0361. The number of alkyl halides is 6. The molecule has 1 saturated heterocycles. The van der Waals surface area contributed by atoms with Crippen molar-refractivity contribution in [3.8, 4) is 11.1 Å². The number of benzene rings is 2. The largest absolute Gasteiger partial charge is 0.478 e. The van der Waals surface area contributed by atoms with Crippen molar-refractivity contribution in [3.05, 3.63) is 106 Å². The van der Waals surface area contributed by atoms with Gasteiger partial charge < -0.3 is 10.0 Å². The van der Waals surface area contributed by atoms with Crippen molar-refractivity contribution < 1.29 is 36.2 Å². The van der Waals surface area contributed by atoms with Crippen molar-refractivity contribution in [1.29, 1.82) is 0 Å². The molecule has 3 aliphatic rings. The van der Waals surface area contributed by atoms with E-state index in [1.807, 2.05) is 4.90 Å². The van der Waals surface area contributed by atoms with Crippen molar-refractivity contribution in [2.24, 2.45) is 5.41 Å². The standard InChI is InChI=1S/C41H42F6N4O2/c1-39(2)15-12-31-32(21-39)50-36(26-13-18-51(19-14-26)38-48-22-29(23-49-38)27-4-3-5-28(20-27)37(52)53)34(33(31)24-10-16-40(43,44)17-11-24)35(42)25-6-8-30(9-7-25)41(45,46)47/h3-9,20,22-24,26,35H,10-19,21H2,1-2H3,(H,52,53). The number of piperidine rings is 1. The van der Waals surface area contributed by atoms with Gasteiger partial charge in [0.05, 0.1) is 16.8 Å². The molecule has 6 nitrogen and oxygen atoms in total. The molecule has 280 valence electrons. The summed E-state index contributed by atoms with van der Waals surface area (Å²) in [4.78, 5) is 27.8. The van der Waals surface area contributed by atoms with E-state index >= 15 is 4.39 Å². The monoisotopic (exact) mass is 736 g/mol. The third kappa shape index (κ3) is 7.78. The molecule has 0 amide bonds. The van der Waals surface area contributed by atoms with Gasteiger partial charge in [0.1, 0.15) is 0 Å². The average molecular weight is 737 g/mol. The zero-order valence-corrected chi connectivity index (χ0v) is 29.7. The van der Waals surface area contributed by atoms with Gasteiger partial charge in [0.2, 0.25) is 11.9 Å². The number of halogens is 6. The SMILES string of the molecule is CC1(C)CCc2c(nc(C3CCN(c4ncc(-c5cccc(C(=O)O)c5)cn4)CC3)c(C(F)c3ccc(C(F)(F)F)cc3)c2C2CCC(F)(F)CC2)C1. The molecular formula is C41H42F6N4O2. The Hall–Kier alpha value is -4.48. The fraction of sp³-hybridized carbons (Fsp3) is 0.463. The van der Waals surface area contributed by atoms with Crippen LogP contribution >= 0.6 is 0 Å². The summed E-state index contributed by atoms with van der Waals surface area (Å²) < 4.78 is 86.6. The van der Waals surface area contributed by atoms with Crippen LogP contribution in [-0.2, 0) is 19.0 Å². The van der Waals surface area contributed by atoms with Crippen LogP contribution in [0.5, 0.6) is 0 Å². The fourth-order valence-corrected chi connectivity index (χ4v) is 8.36. The topological polar surface area (TPSA) is 79.2 Å². The van der Waals surface area contributed by atoms with Crippen LogP contribution in [0, 0.1) is 5.41 Å². The predicted molar refractivity (Wildman–Crippen MR) is 189 cm³/mol. The number of carboxylic acids is 1. The molecule has 2 fully saturated rings. The van der Waals surface area contributed by atoms with Crippen molar-refractivity contribution in [2.75, 3.05) is 18.0 Å². The van der Waals surface area contributed by atoms with Crippen molar-refractivity contribution in [1.82, 2.24) is 15.0 Å². The molecule has 0 spiro atoms. The smallest absolute Gasteiger partial charge is 0.416 e. The highest BCUT2D eigenvalue weighted by Gasteiger charge is 2.42. The molecule has 0 bridgehead atoms. The highest BCUT2D eigenvalue weighted by molar-refractivity contribution is 5.89. The van der Waals surface area contributed by atoms with Gasteiger partial charge in [-0.3, -0.25) is 4.98 Å². The minimum atomic E-state index is -4.57. The molecule has 2 aliphatic carbocycles. The molecule has 4 aromatic rings. The first kappa shape index (κ1) is 36.9. The summed E-state index contributed by atoms with van der Waals surface area (Å²) in [5.41, 5.74) is 4.13. The van der Waals surface area contributed by atoms with Crippen LogP contribution in [0.1, 0.15) is 126 Å². The molecule has 1 unspecified atom stereocenters. The number of rotatable bonds is 7. The van der Waals surface area contributed by atoms with Crippen LogP contribution in [-0.4, -0.2) is 45.0 Å². The maximum absolute atomic E-state index is 17.3. The molecule has 2 aromatic carbocycles. The predicted octanol–water partition coefficient (Wildman–Crippen LogP) is 10.5. The van der Waals surface area contributed by atoms with E-state index in [9.17, 15) is 31.9 Å². The molecule has 3 heterocycles. The Morgan fingerprint density at radius 3 is 2.19 bits per heavy atom. The first-order valence-corrected chi connectivity index (χ1v) is 18.2. The highest BCUT2D eigenvalue weighted by Crippen LogP contribution is 2.50. The third-order valence-electron chi connectivity index (χ3n) is 11.3. The van der Waals surface area contributed by atoms with E-state index in [1.165, 1.54) is 18.2 Å². The van der Waals surface area contributed by atoms with E-state index in [4.69, 9.17) is 4.98 Å². The van der Waals surface area contributed by atoms with Gasteiger partial charge in [-0.2, -0.15) is 13.2 Å². The molecule has 1 aliphatic heterocycles. The van der Waals surface area contributed by atoms with E-state index in [-0.39, 0.29) is 54.1 Å². The second-order valence-corrected chi connectivity index (χ2v) is 15.6. The highest BCUT2D eigenvalue weighted by atomic mass is 19.4. The number of hydrogen-bond donors (Lipinski definition) is 1. The van der Waals surface area contributed by atoms with Crippen LogP contribution < -0.4 is 4.90 Å². The second kappa shape index (κ2) is 14.1. The molecule has 7 rings (SSSR count). The fourth-order valence-electron chi connectivity index (χ4n) is 8.36. The van der Waals surface area contributed by atoms with Crippen molar-refractivity contribution in [3.63, 3.8) is 0 Å². The summed E-state index contributed by atoms with van der Waals surface area (Å²) in [6, 6.07) is 10.7. The summed E-state index contributed by atoms with van der Waals surface area (Å²) in [7, 11) is 0. The Labute approximate surface area is 304 Å². The van der Waals surface area contributed by atoms with Crippen LogP contribution in [0.15, 0.2) is 60.9 Å². The number of carboxylic acid groups (broad SMARTS) is 1. The summed E-state index contributed by atoms with van der Waals surface area (Å²) in [5, 5.41) is 9.37. The van der Waals surface area contributed by atoms with E-state index in [1.54, 1.807) is 30.6 Å². The number of hydrogen-bond acceptors (Lipinski definition) is 5. The quantitative estimate of drug-likeness (QED) is 0.190. The first-order valence-electron chi connectivity index (χ1n) is 18.2. The lowest BCUT2D eigenvalue weighted by atomic mass is 9.69. The third-order valence-corrected chi connectivity index (χ3v) is 11.3. The lowest BCUT2D eigenvalue weighted by molar-refractivity contribution is -0.137. The molecule has 53 heavy (non-hydrogen) atoms. The second-order valence-electron chi connectivity index (χ2n) is 15.6. The van der Waals surface area contributed by atoms with E-state index in [2.05, 4.69) is 23.8 Å². The number of aromatic carboxylic acids is 1. The van der Waals surface area contributed by atoms with Gasteiger partial charge in [0.25, 0.3) is 0 Å². The van der Waals surface area contributed by atoms with Gasteiger partial charge in [-0.25, -0.2) is 27.9 Å². The van der Waals surface area contributed by atoms with E-state index in [0.29, 0.717) is 67.1 Å². The Kier molecular flexibility index (Phi) is 9.78. The number of pyridine rings is 1. The Balaban J connectivity index is 1.23. The lowest BCUT2D eigenvalue weighted by Gasteiger charge is -2.39. The Morgan fingerprint density at radius 1 is 0.906 bits per heavy atom. The average Bonchev–Trinajstić information content (AvgIpc) is 3.13. The van der Waals surface area contributed by atoms with Crippen molar-refractivity contribution in [2.45, 2.75) is 102 Å². The van der Waals surface area contributed by atoms with Gasteiger partial charge in [-0.05, 0) is 103 Å². The van der Waals surface area contributed by atoms with Gasteiger partial charge in [0, 0.05) is 61.1 Å². The number of fused-ring (bicyclic) bond motifs is 1. The van der Waals surface area contributed by atoms with Gasteiger partial charge in [0.15, 0.2) is 6.17 Å². The van der Waals surface area contributed by atoms with E-state index in [0.717, 1.165) is 35.4 Å². The minimum absolute atomic E-state index is 0.0556. The zero-order chi connectivity index (χ0) is 37.7. The first-order chi connectivity index (χ1) is 25.1. The molecule has 2 aromatic heterocycles. The molecule has 1 N–H and O–H groups in total. The van der Waals surface area contributed by atoms with Crippen molar-refractivity contribution >= 4 is 11.9 Å². The van der Waals surface area contributed by atoms with Crippen LogP contribution in [0.4, 0.5) is 32.3 Å². The number of aromatic nitrogens is 3. The van der Waals surface area contributed by atoms with Crippen LogP contribution in [0.2, 0.25) is 0 Å². The van der Waals surface area contributed by atoms with E-state index < -0.39 is 29.8 Å². The maximum Gasteiger partial charge on any atom is 0.416 e. The lowest BCUT2D eigenvalue weighted by Crippen LogP contribution is -2.35.